The molecule has 2 aromatic rings. The second kappa shape index (κ2) is 7.93. The molecule has 3 rings (SSSR count). The summed E-state index contributed by atoms with van der Waals surface area (Å²) < 4.78 is 45.7. The molecule has 7 nitrogen and oxygen atoms in total. The first-order valence-corrected chi connectivity index (χ1v) is 9.84. The van der Waals surface area contributed by atoms with Crippen molar-refractivity contribution in [2.45, 2.75) is 23.9 Å². The lowest BCUT2D eigenvalue weighted by molar-refractivity contribution is 0.240. The number of amides is 2. The Morgan fingerprint density at radius 2 is 1.89 bits per heavy atom. The van der Waals surface area contributed by atoms with Crippen molar-refractivity contribution < 1.29 is 22.3 Å². The zero-order valence-electron chi connectivity index (χ0n) is 14.7. The number of urea groups is 1. The average molecular weight is 393 g/mol. The number of nitrogens with one attached hydrogen (secondary N) is 2. The molecule has 2 N–H and O–H groups in total. The summed E-state index contributed by atoms with van der Waals surface area (Å²) >= 11 is 0. The SMILES string of the molecule is COc1ccc(NC(=O)N[C@@H]2CCCN2S(=O)(=O)c2ccccc2F)cc1. The van der Waals surface area contributed by atoms with Gasteiger partial charge in [0.15, 0.2) is 0 Å². The fourth-order valence-corrected chi connectivity index (χ4v) is 4.63. The number of methoxy groups -OCH3 is 1. The zero-order chi connectivity index (χ0) is 19.4. The Morgan fingerprint density at radius 3 is 2.56 bits per heavy atom. The van der Waals surface area contributed by atoms with Gasteiger partial charge in [0.25, 0.3) is 0 Å². The smallest absolute Gasteiger partial charge is 0.320 e. The highest BCUT2D eigenvalue weighted by atomic mass is 32.2. The van der Waals surface area contributed by atoms with Crippen LogP contribution >= 0.6 is 0 Å². The van der Waals surface area contributed by atoms with Gasteiger partial charge in [0.05, 0.1) is 13.3 Å². The number of carbonyl (C=O) groups excluding carboxylic acids is 1. The Morgan fingerprint density at radius 1 is 1.19 bits per heavy atom. The van der Waals surface area contributed by atoms with Gasteiger partial charge in [-0.05, 0) is 49.2 Å². The molecule has 2 aromatic carbocycles. The maximum atomic E-state index is 14.0. The summed E-state index contributed by atoms with van der Waals surface area (Å²) in [4.78, 5) is 11.9. The standard InChI is InChI=1S/C18H20FN3O4S/c1-26-14-10-8-13(9-11-14)20-18(23)21-17-7-4-12-22(17)27(24,25)16-6-3-2-5-15(16)19/h2-3,5-6,8-11,17H,4,7,12H2,1H3,(H2,20,21,23)/t17-/m0/s1. The normalized spacial score (nSPS) is 17.5. The summed E-state index contributed by atoms with van der Waals surface area (Å²) in [6, 6.07) is 11.4. The lowest BCUT2D eigenvalue weighted by Gasteiger charge is -2.25. The van der Waals surface area contributed by atoms with E-state index in [2.05, 4.69) is 10.6 Å². The fourth-order valence-electron chi connectivity index (χ4n) is 2.95. The Balaban J connectivity index is 1.70. The van der Waals surface area contributed by atoms with E-state index in [4.69, 9.17) is 4.74 Å². The predicted octanol–water partition coefficient (Wildman–Crippen LogP) is 2.77. The molecule has 0 spiro atoms. The van der Waals surface area contributed by atoms with E-state index in [1.54, 1.807) is 31.4 Å². The zero-order valence-corrected chi connectivity index (χ0v) is 15.5. The van der Waals surface area contributed by atoms with Crippen LogP contribution in [0.15, 0.2) is 53.4 Å². The van der Waals surface area contributed by atoms with Crippen molar-refractivity contribution in [2.75, 3.05) is 19.0 Å². The van der Waals surface area contributed by atoms with Crippen molar-refractivity contribution in [3.8, 4) is 5.75 Å². The second-order valence-corrected chi connectivity index (χ2v) is 7.89. The summed E-state index contributed by atoms with van der Waals surface area (Å²) in [7, 11) is -2.51. The summed E-state index contributed by atoms with van der Waals surface area (Å²) in [5.41, 5.74) is 0.537. The van der Waals surface area contributed by atoms with Crippen LogP contribution in [0, 0.1) is 5.82 Å². The van der Waals surface area contributed by atoms with Crippen molar-refractivity contribution in [1.29, 1.82) is 0 Å². The highest BCUT2D eigenvalue weighted by Gasteiger charge is 2.37. The van der Waals surface area contributed by atoms with E-state index in [-0.39, 0.29) is 6.54 Å². The summed E-state index contributed by atoms with van der Waals surface area (Å²) in [5.74, 6) is -0.162. The fraction of sp³-hybridized carbons (Fsp3) is 0.278. The van der Waals surface area contributed by atoms with Crippen molar-refractivity contribution in [3.63, 3.8) is 0 Å². The second-order valence-electron chi connectivity index (χ2n) is 6.03. The molecule has 1 saturated heterocycles. The minimum Gasteiger partial charge on any atom is -0.497 e. The first-order valence-electron chi connectivity index (χ1n) is 8.40. The van der Waals surface area contributed by atoms with Crippen molar-refractivity contribution >= 4 is 21.7 Å². The van der Waals surface area contributed by atoms with Gasteiger partial charge in [0, 0.05) is 12.2 Å². The van der Waals surface area contributed by atoms with Crippen LogP contribution in [-0.2, 0) is 10.0 Å². The summed E-state index contributed by atoms with van der Waals surface area (Å²) in [6.45, 7) is 0.212. The minimum atomic E-state index is -4.05. The molecule has 0 unspecified atom stereocenters. The van der Waals surface area contributed by atoms with Gasteiger partial charge in [0.1, 0.15) is 16.5 Å². The number of sulfonamides is 1. The summed E-state index contributed by atoms with van der Waals surface area (Å²) in [6.07, 6.45) is 0.276. The number of rotatable bonds is 5. The van der Waals surface area contributed by atoms with Crippen molar-refractivity contribution in [1.82, 2.24) is 9.62 Å². The Kier molecular flexibility index (Phi) is 5.62. The van der Waals surface area contributed by atoms with Crippen LogP contribution in [0.2, 0.25) is 0 Å². The van der Waals surface area contributed by atoms with Crippen LogP contribution in [0.3, 0.4) is 0 Å². The number of nitrogens with zero attached hydrogens (tertiary/aromatic N) is 1. The third kappa shape index (κ3) is 4.20. The van der Waals surface area contributed by atoms with Gasteiger partial charge in [-0.25, -0.2) is 17.6 Å². The predicted molar refractivity (Wildman–Crippen MR) is 98.5 cm³/mol. The van der Waals surface area contributed by atoms with Crippen LogP contribution in [0.25, 0.3) is 0 Å². The monoisotopic (exact) mass is 393 g/mol. The molecule has 144 valence electrons. The Hall–Kier alpha value is -2.65. The highest BCUT2D eigenvalue weighted by Crippen LogP contribution is 2.26. The quantitative estimate of drug-likeness (QED) is 0.818. The third-order valence-corrected chi connectivity index (χ3v) is 6.21. The molecule has 2 amide bonds. The largest absolute Gasteiger partial charge is 0.497 e. The van der Waals surface area contributed by atoms with E-state index in [9.17, 15) is 17.6 Å². The number of ether oxygens (including phenoxy) is 1. The van der Waals surface area contributed by atoms with E-state index >= 15 is 0 Å². The number of hydrogen-bond acceptors (Lipinski definition) is 4. The molecule has 1 heterocycles. The molecule has 27 heavy (non-hydrogen) atoms. The molecule has 1 aliphatic heterocycles. The molecule has 0 aromatic heterocycles. The van der Waals surface area contributed by atoms with Crippen LogP contribution in [0.1, 0.15) is 12.8 Å². The minimum absolute atomic E-state index is 0.212. The van der Waals surface area contributed by atoms with Crippen molar-refractivity contribution in [2.24, 2.45) is 0 Å². The number of hydrogen-bond donors (Lipinski definition) is 2. The molecular formula is C18H20FN3O4S. The number of benzene rings is 2. The number of carbonyl (C=O) groups is 1. The third-order valence-electron chi connectivity index (χ3n) is 4.27. The van der Waals surface area contributed by atoms with Gasteiger partial charge in [-0.2, -0.15) is 4.31 Å². The molecule has 1 fully saturated rings. The lowest BCUT2D eigenvalue weighted by atomic mass is 10.3. The molecule has 0 bridgehead atoms. The van der Waals surface area contributed by atoms with Crippen LogP contribution in [-0.4, -0.2) is 38.6 Å². The van der Waals surface area contributed by atoms with Gasteiger partial charge in [-0.3, -0.25) is 0 Å². The van der Waals surface area contributed by atoms with Gasteiger partial charge in [-0.1, -0.05) is 12.1 Å². The maximum absolute atomic E-state index is 14.0. The van der Waals surface area contributed by atoms with Gasteiger partial charge >= 0.3 is 6.03 Å². The Bertz CT molecular complexity index is 918. The van der Waals surface area contributed by atoms with Gasteiger partial charge in [-0.15, -0.1) is 0 Å². The molecular weight excluding hydrogens is 373 g/mol. The molecule has 9 heteroatoms. The Labute approximate surface area is 157 Å². The van der Waals surface area contributed by atoms with Gasteiger partial charge in [0.2, 0.25) is 10.0 Å². The molecule has 0 saturated carbocycles. The average Bonchev–Trinajstić information content (AvgIpc) is 3.11. The van der Waals surface area contributed by atoms with Crippen LogP contribution < -0.4 is 15.4 Å². The van der Waals surface area contributed by atoms with E-state index < -0.39 is 32.9 Å². The topological polar surface area (TPSA) is 87.7 Å². The first-order chi connectivity index (χ1) is 12.9. The lowest BCUT2D eigenvalue weighted by Crippen LogP contribution is -2.48. The number of halogens is 1. The molecule has 1 aliphatic rings. The van der Waals surface area contributed by atoms with E-state index in [0.29, 0.717) is 24.3 Å². The van der Waals surface area contributed by atoms with E-state index in [1.807, 2.05) is 0 Å². The molecule has 1 atom stereocenters. The maximum Gasteiger partial charge on any atom is 0.320 e. The molecule has 0 radical (unpaired) electrons. The van der Waals surface area contributed by atoms with Crippen LogP contribution in [0.4, 0.5) is 14.9 Å². The van der Waals surface area contributed by atoms with Gasteiger partial charge < -0.3 is 15.4 Å². The van der Waals surface area contributed by atoms with E-state index in [0.717, 1.165) is 10.4 Å². The first kappa shape index (κ1) is 19.1. The highest BCUT2D eigenvalue weighted by molar-refractivity contribution is 7.89. The number of anilines is 1. The van der Waals surface area contributed by atoms with Crippen LogP contribution in [0.5, 0.6) is 5.75 Å². The van der Waals surface area contributed by atoms with E-state index in [1.165, 1.54) is 18.2 Å². The van der Waals surface area contributed by atoms with Crippen molar-refractivity contribution in [3.05, 3.63) is 54.3 Å². The molecule has 0 aliphatic carbocycles. The summed E-state index contributed by atoms with van der Waals surface area (Å²) in [5, 5.41) is 5.29.